The van der Waals surface area contributed by atoms with Gasteiger partial charge in [-0.15, -0.1) is 0 Å². The lowest BCUT2D eigenvalue weighted by atomic mass is 10.3. The number of hydrogen-bond acceptors (Lipinski definition) is 3. The molecule has 0 spiro atoms. The fraction of sp³-hybridized carbons (Fsp3) is 0. The summed E-state index contributed by atoms with van der Waals surface area (Å²) < 4.78 is 4.25. The average Bonchev–Trinajstić information content (AvgIpc) is 2.33. The molecule has 0 atom stereocenters. The van der Waals surface area contributed by atoms with E-state index < -0.39 is 0 Å². The minimum atomic E-state index is 0.737. The van der Waals surface area contributed by atoms with Crippen molar-refractivity contribution < 1.29 is 0 Å². The molecule has 1 aromatic heterocycles. The van der Waals surface area contributed by atoms with Gasteiger partial charge in [0.1, 0.15) is 0 Å². The fourth-order valence-corrected chi connectivity index (χ4v) is 1.78. The minimum absolute atomic E-state index is 0.737. The van der Waals surface area contributed by atoms with Crippen LogP contribution >= 0.6 is 23.5 Å². The van der Waals surface area contributed by atoms with Gasteiger partial charge in [-0.05, 0) is 30.3 Å². The summed E-state index contributed by atoms with van der Waals surface area (Å²) in [5.41, 5.74) is 0.990. The van der Waals surface area contributed by atoms with Gasteiger partial charge in [0.15, 0.2) is 0 Å². The molecule has 0 aliphatic carbocycles. The topological polar surface area (TPSA) is 25.2 Å². The van der Waals surface area contributed by atoms with Crippen LogP contribution in [0, 0.1) is 0 Å². The number of nitrogens with zero attached hydrogens (tertiary/aromatic N) is 2. The van der Waals surface area contributed by atoms with Gasteiger partial charge in [-0.1, -0.05) is 17.7 Å². The van der Waals surface area contributed by atoms with E-state index in [2.05, 4.69) is 9.38 Å². The fourth-order valence-electron chi connectivity index (χ4n) is 1.10. The molecule has 2 rings (SSSR count). The lowest BCUT2D eigenvalue weighted by Gasteiger charge is -1.95. The van der Waals surface area contributed by atoms with Crippen LogP contribution in [0.5, 0.6) is 0 Å². The standard InChI is InChI=1S/C12H9ClN2S/c13-11-3-5-12(6-4-11)16-15-9-10-2-1-7-14-8-10/h1-9H/b15-9+. The van der Waals surface area contributed by atoms with Crippen molar-refractivity contribution in [1.29, 1.82) is 0 Å². The number of benzene rings is 1. The smallest absolute Gasteiger partial charge is 0.0443 e. The summed E-state index contributed by atoms with van der Waals surface area (Å²) in [5, 5.41) is 0.737. The SMILES string of the molecule is Clc1ccc(S/N=C/c2cccnc2)cc1. The third-order valence-electron chi connectivity index (χ3n) is 1.86. The quantitative estimate of drug-likeness (QED) is 0.609. The Balaban J connectivity index is 1.97. The van der Waals surface area contributed by atoms with E-state index in [4.69, 9.17) is 11.6 Å². The van der Waals surface area contributed by atoms with E-state index in [1.807, 2.05) is 36.4 Å². The molecule has 0 bridgehead atoms. The normalized spacial score (nSPS) is 10.8. The van der Waals surface area contributed by atoms with Gasteiger partial charge in [0.05, 0.1) is 0 Å². The van der Waals surface area contributed by atoms with Crippen LogP contribution in [0.1, 0.15) is 5.56 Å². The number of pyridine rings is 1. The molecule has 1 heterocycles. The summed E-state index contributed by atoms with van der Waals surface area (Å²) >= 11 is 7.19. The zero-order valence-corrected chi connectivity index (χ0v) is 9.95. The van der Waals surface area contributed by atoms with E-state index in [-0.39, 0.29) is 0 Å². The first kappa shape index (κ1) is 11.2. The third kappa shape index (κ3) is 3.36. The Labute approximate surface area is 104 Å². The molecular weight excluding hydrogens is 240 g/mol. The number of rotatable bonds is 3. The van der Waals surface area contributed by atoms with Gasteiger partial charge in [-0.25, -0.2) is 4.40 Å². The summed E-state index contributed by atoms with van der Waals surface area (Å²) in [6, 6.07) is 11.4. The Morgan fingerprint density at radius 2 is 2.00 bits per heavy atom. The maximum Gasteiger partial charge on any atom is 0.0443 e. The molecule has 0 aliphatic rings. The van der Waals surface area contributed by atoms with Crippen molar-refractivity contribution in [2.75, 3.05) is 0 Å². The lowest BCUT2D eigenvalue weighted by molar-refractivity contribution is 1.32. The molecule has 0 aliphatic heterocycles. The van der Waals surface area contributed by atoms with Gasteiger partial charge >= 0.3 is 0 Å². The number of halogens is 1. The van der Waals surface area contributed by atoms with Gasteiger partial charge in [-0.3, -0.25) is 4.98 Å². The Kier molecular flexibility index (Phi) is 3.97. The van der Waals surface area contributed by atoms with Crippen LogP contribution in [-0.2, 0) is 0 Å². The second-order valence-electron chi connectivity index (χ2n) is 3.07. The number of aromatic nitrogens is 1. The van der Waals surface area contributed by atoms with Crippen molar-refractivity contribution in [3.8, 4) is 0 Å². The molecule has 2 nitrogen and oxygen atoms in total. The zero-order chi connectivity index (χ0) is 11.2. The van der Waals surface area contributed by atoms with E-state index in [0.29, 0.717) is 0 Å². The first-order valence-electron chi connectivity index (χ1n) is 4.70. The van der Waals surface area contributed by atoms with Crippen molar-refractivity contribution in [3.05, 3.63) is 59.4 Å². The molecule has 0 unspecified atom stereocenters. The minimum Gasteiger partial charge on any atom is -0.264 e. The van der Waals surface area contributed by atoms with Crippen LogP contribution in [0.15, 0.2) is 58.1 Å². The van der Waals surface area contributed by atoms with E-state index >= 15 is 0 Å². The molecule has 0 saturated carbocycles. The molecule has 2 aromatic rings. The first-order valence-corrected chi connectivity index (χ1v) is 5.86. The molecular formula is C12H9ClN2S. The largest absolute Gasteiger partial charge is 0.264 e. The van der Waals surface area contributed by atoms with E-state index in [9.17, 15) is 0 Å². The van der Waals surface area contributed by atoms with Gasteiger partial charge in [0, 0.05) is 46.0 Å². The molecule has 0 saturated heterocycles. The molecule has 80 valence electrons. The molecule has 0 amide bonds. The van der Waals surface area contributed by atoms with Crippen molar-refractivity contribution in [2.45, 2.75) is 4.90 Å². The van der Waals surface area contributed by atoms with Crippen LogP contribution in [0.3, 0.4) is 0 Å². The Morgan fingerprint density at radius 1 is 1.19 bits per heavy atom. The highest BCUT2D eigenvalue weighted by molar-refractivity contribution is 7.98. The van der Waals surface area contributed by atoms with E-state index in [1.165, 1.54) is 11.9 Å². The summed E-state index contributed by atoms with van der Waals surface area (Å²) in [6.07, 6.45) is 5.29. The van der Waals surface area contributed by atoms with E-state index in [1.54, 1.807) is 18.6 Å². The van der Waals surface area contributed by atoms with Crippen LogP contribution in [0.25, 0.3) is 0 Å². The Morgan fingerprint density at radius 3 is 2.69 bits per heavy atom. The predicted molar refractivity (Wildman–Crippen MR) is 69.1 cm³/mol. The monoisotopic (exact) mass is 248 g/mol. The first-order chi connectivity index (χ1) is 7.84. The van der Waals surface area contributed by atoms with Gasteiger partial charge in [0.25, 0.3) is 0 Å². The lowest BCUT2D eigenvalue weighted by Crippen LogP contribution is -1.79. The van der Waals surface area contributed by atoms with Crippen molar-refractivity contribution >= 4 is 29.8 Å². The highest BCUT2D eigenvalue weighted by atomic mass is 35.5. The second-order valence-corrected chi connectivity index (χ2v) is 4.37. The van der Waals surface area contributed by atoms with Crippen LogP contribution in [-0.4, -0.2) is 11.2 Å². The Bertz CT molecular complexity index is 468. The highest BCUT2D eigenvalue weighted by Gasteiger charge is 1.91. The number of hydrogen-bond donors (Lipinski definition) is 0. The van der Waals surface area contributed by atoms with Crippen molar-refractivity contribution in [1.82, 2.24) is 4.98 Å². The van der Waals surface area contributed by atoms with Crippen molar-refractivity contribution in [2.24, 2.45) is 4.40 Å². The van der Waals surface area contributed by atoms with Gasteiger partial charge < -0.3 is 0 Å². The molecule has 1 aromatic carbocycles. The molecule has 16 heavy (non-hydrogen) atoms. The molecule has 4 heteroatoms. The van der Waals surface area contributed by atoms with E-state index in [0.717, 1.165) is 15.5 Å². The maximum absolute atomic E-state index is 5.79. The maximum atomic E-state index is 5.79. The second kappa shape index (κ2) is 5.68. The van der Waals surface area contributed by atoms with Gasteiger partial charge in [-0.2, -0.15) is 0 Å². The van der Waals surface area contributed by atoms with Crippen molar-refractivity contribution in [3.63, 3.8) is 0 Å². The molecule has 0 fully saturated rings. The summed E-state index contributed by atoms with van der Waals surface area (Å²) in [7, 11) is 0. The average molecular weight is 249 g/mol. The third-order valence-corrected chi connectivity index (χ3v) is 2.80. The van der Waals surface area contributed by atoms with Gasteiger partial charge in [0.2, 0.25) is 0 Å². The van der Waals surface area contributed by atoms with Crippen LogP contribution in [0.2, 0.25) is 5.02 Å². The predicted octanol–water partition coefficient (Wildman–Crippen LogP) is 3.86. The summed E-state index contributed by atoms with van der Waals surface area (Å²) in [4.78, 5) is 5.06. The molecule has 0 N–H and O–H groups in total. The van der Waals surface area contributed by atoms with Crippen LogP contribution in [0.4, 0.5) is 0 Å². The summed E-state index contributed by atoms with van der Waals surface area (Å²) in [5.74, 6) is 0. The Hall–Kier alpha value is -1.32. The zero-order valence-electron chi connectivity index (χ0n) is 8.38. The van der Waals surface area contributed by atoms with Crippen LogP contribution < -0.4 is 0 Å². The summed E-state index contributed by atoms with van der Waals surface area (Å²) in [6.45, 7) is 0. The highest BCUT2D eigenvalue weighted by Crippen LogP contribution is 2.20. The molecule has 0 radical (unpaired) electrons.